The van der Waals surface area contributed by atoms with Crippen molar-refractivity contribution < 1.29 is 9.53 Å². The predicted octanol–water partition coefficient (Wildman–Crippen LogP) is 1.53. The van der Waals surface area contributed by atoms with Crippen LogP contribution in [-0.2, 0) is 9.53 Å². The van der Waals surface area contributed by atoms with Crippen molar-refractivity contribution >= 4 is 6.41 Å². The summed E-state index contributed by atoms with van der Waals surface area (Å²) in [4.78, 5) is 12.3. The molecule has 2 saturated heterocycles. The second-order valence-electron chi connectivity index (χ2n) is 5.80. The summed E-state index contributed by atoms with van der Waals surface area (Å²) in [6.07, 6.45) is 8.92. The summed E-state index contributed by atoms with van der Waals surface area (Å²) in [5.74, 6) is 0.843. The van der Waals surface area contributed by atoms with Crippen molar-refractivity contribution in [3.8, 4) is 0 Å². The fraction of sp³-hybridized carbons (Fsp3) is 0.929. The van der Waals surface area contributed by atoms with E-state index in [1.165, 1.54) is 25.7 Å². The summed E-state index contributed by atoms with van der Waals surface area (Å²) in [6, 6.07) is 0.843. The standard InChI is InChI=1S/C7H11NO2.C7H15N/c9-5-8-3-1-7-6(8)2-4-10-7;1-6(8)7-4-2-3-5-7/h5-7H,1-4H2;6-7H,2-5,8H2,1H3. The van der Waals surface area contributed by atoms with Crippen molar-refractivity contribution in [3.63, 3.8) is 0 Å². The van der Waals surface area contributed by atoms with Crippen LogP contribution in [0.1, 0.15) is 45.4 Å². The maximum Gasteiger partial charge on any atom is 0.210 e. The quantitative estimate of drug-likeness (QED) is 0.760. The Morgan fingerprint density at radius 2 is 2.00 bits per heavy atom. The third-order valence-corrected chi connectivity index (χ3v) is 4.55. The van der Waals surface area contributed by atoms with E-state index in [9.17, 15) is 4.79 Å². The fourth-order valence-corrected chi connectivity index (χ4v) is 3.35. The second-order valence-corrected chi connectivity index (χ2v) is 5.80. The first kappa shape index (κ1) is 13.8. The molecule has 0 spiro atoms. The van der Waals surface area contributed by atoms with Gasteiger partial charge in [0.15, 0.2) is 0 Å². The van der Waals surface area contributed by atoms with Gasteiger partial charge in [0.25, 0.3) is 0 Å². The zero-order chi connectivity index (χ0) is 13.0. The molecule has 2 heterocycles. The van der Waals surface area contributed by atoms with Crippen LogP contribution in [0.4, 0.5) is 0 Å². The van der Waals surface area contributed by atoms with Crippen LogP contribution >= 0.6 is 0 Å². The second kappa shape index (κ2) is 6.53. The monoisotopic (exact) mass is 254 g/mol. The van der Waals surface area contributed by atoms with Gasteiger partial charge < -0.3 is 15.4 Å². The molecule has 4 nitrogen and oxygen atoms in total. The summed E-state index contributed by atoms with van der Waals surface area (Å²) in [5, 5.41) is 0. The largest absolute Gasteiger partial charge is 0.376 e. The molecule has 1 amide bonds. The Balaban J connectivity index is 0.000000138. The van der Waals surface area contributed by atoms with E-state index in [0.29, 0.717) is 18.2 Å². The number of carbonyl (C=O) groups excluding carboxylic acids is 1. The maximum atomic E-state index is 10.4. The Labute approximate surface area is 110 Å². The van der Waals surface area contributed by atoms with Gasteiger partial charge in [0, 0.05) is 19.2 Å². The van der Waals surface area contributed by atoms with Crippen molar-refractivity contribution in [2.45, 2.75) is 63.6 Å². The molecule has 3 atom stereocenters. The zero-order valence-electron chi connectivity index (χ0n) is 11.4. The smallest absolute Gasteiger partial charge is 0.210 e. The van der Waals surface area contributed by atoms with E-state index in [-0.39, 0.29) is 0 Å². The number of amides is 1. The van der Waals surface area contributed by atoms with Crippen molar-refractivity contribution in [3.05, 3.63) is 0 Å². The van der Waals surface area contributed by atoms with Gasteiger partial charge in [-0.2, -0.15) is 0 Å². The van der Waals surface area contributed by atoms with E-state index in [0.717, 1.165) is 38.3 Å². The van der Waals surface area contributed by atoms with E-state index < -0.39 is 0 Å². The minimum atomic E-state index is 0.352. The van der Waals surface area contributed by atoms with Crippen LogP contribution in [0.25, 0.3) is 0 Å². The molecule has 3 unspecified atom stereocenters. The Morgan fingerprint density at radius 3 is 2.56 bits per heavy atom. The third kappa shape index (κ3) is 3.23. The fourth-order valence-electron chi connectivity index (χ4n) is 3.35. The number of hydrogen-bond acceptors (Lipinski definition) is 3. The van der Waals surface area contributed by atoms with E-state index in [1.54, 1.807) is 0 Å². The molecule has 0 aromatic heterocycles. The summed E-state index contributed by atoms with van der Waals surface area (Å²) in [5.41, 5.74) is 5.70. The van der Waals surface area contributed by atoms with E-state index >= 15 is 0 Å². The molecule has 4 heteroatoms. The molecule has 1 saturated carbocycles. The topological polar surface area (TPSA) is 55.6 Å². The summed E-state index contributed by atoms with van der Waals surface area (Å²) in [7, 11) is 0. The molecule has 1 aliphatic carbocycles. The van der Waals surface area contributed by atoms with Gasteiger partial charge in [-0.3, -0.25) is 4.79 Å². The zero-order valence-corrected chi connectivity index (χ0v) is 11.4. The van der Waals surface area contributed by atoms with Gasteiger partial charge in [-0.15, -0.1) is 0 Å². The van der Waals surface area contributed by atoms with Gasteiger partial charge in [0.1, 0.15) is 0 Å². The van der Waals surface area contributed by atoms with Crippen LogP contribution in [0.15, 0.2) is 0 Å². The lowest BCUT2D eigenvalue weighted by molar-refractivity contribution is -0.118. The molecular weight excluding hydrogens is 228 g/mol. The first-order valence-electron chi connectivity index (χ1n) is 7.30. The Bertz CT molecular complexity index is 265. The normalized spacial score (nSPS) is 32.9. The number of nitrogens with two attached hydrogens (primary N) is 1. The summed E-state index contributed by atoms with van der Waals surface area (Å²) >= 11 is 0. The first-order chi connectivity index (χ1) is 8.72. The number of hydrogen-bond donors (Lipinski definition) is 1. The minimum absolute atomic E-state index is 0.352. The number of carbonyl (C=O) groups is 1. The molecular formula is C14H26N2O2. The highest BCUT2D eigenvalue weighted by Crippen LogP contribution is 2.27. The molecule has 0 aromatic carbocycles. The lowest BCUT2D eigenvalue weighted by Crippen LogP contribution is -2.30. The lowest BCUT2D eigenvalue weighted by Gasteiger charge is -2.15. The Kier molecular flexibility index (Phi) is 5.01. The number of rotatable bonds is 2. The number of fused-ring (bicyclic) bond motifs is 1. The van der Waals surface area contributed by atoms with Crippen LogP contribution in [-0.4, -0.2) is 42.6 Å². The molecule has 2 N–H and O–H groups in total. The minimum Gasteiger partial charge on any atom is -0.376 e. The highest BCUT2D eigenvalue weighted by Gasteiger charge is 2.37. The Morgan fingerprint density at radius 1 is 1.28 bits per heavy atom. The van der Waals surface area contributed by atoms with Gasteiger partial charge in [-0.25, -0.2) is 0 Å². The van der Waals surface area contributed by atoms with E-state index in [4.69, 9.17) is 10.5 Å². The maximum absolute atomic E-state index is 10.4. The number of nitrogens with zero attached hydrogens (tertiary/aromatic N) is 1. The molecule has 3 rings (SSSR count). The first-order valence-corrected chi connectivity index (χ1v) is 7.30. The van der Waals surface area contributed by atoms with Gasteiger partial charge >= 0.3 is 0 Å². The molecule has 104 valence electrons. The molecule has 3 fully saturated rings. The van der Waals surface area contributed by atoms with Gasteiger partial charge in [-0.05, 0) is 38.5 Å². The number of likely N-dealkylation sites (tertiary alicyclic amines) is 1. The van der Waals surface area contributed by atoms with Crippen molar-refractivity contribution in [2.24, 2.45) is 11.7 Å². The highest BCUT2D eigenvalue weighted by atomic mass is 16.5. The molecule has 3 aliphatic rings. The molecule has 0 radical (unpaired) electrons. The van der Waals surface area contributed by atoms with Gasteiger partial charge in [0.05, 0.1) is 12.1 Å². The molecule has 0 aromatic rings. The van der Waals surface area contributed by atoms with E-state index in [2.05, 4.69) is 6.92 Å². The molecule has 0 bridgehead atoms. The van der Waals surface area contributed by atoms with E-state index in [1.807, 2.05) is 4.90 Å². The van der Waals surface area contributed by atoms with Crippen LogP contribution < -0.4 is 5.73 Å². The third-order valence-electron chi connectivity index (χ3n) is 4.55. The highest BCUT2D eigenvalue weighted by molar-refractivity contribution is 5.48. The summed E-state index contributed by atoms with van der Waals surface area (Å²) in [6.45, 7) is 3.84. The SMILES string of the molecule is CC(N)C1CCCC1.O=CN1CCC2OCCC21. The predicted molar refractivity (Wildman–Crippen MR) is 71.1 cm³/mol. The molecule has 18 heavy (non-hydrogen) atoms. The average molecular weight is 254 g/mol. The van der Waals surface area contributed by atoms with Crippen molar-refractivity contribution in [1.82, 2.24) is 4.90 Å². The summed E-state index contributed by atoms with van der Waals surface area (Å²) < 4.78 is 5.41. The van der Waals surface area contributed by atoms with Crippen molar-refractivity contribution in [2.75, 3.05) is 13.2 Å². The van der Waals surface area contributed by atoms with Crippen LogP contribution in [0.2, 0.25) is 0 Å². The van der Waals surface area contributed by atoms with Gasteiger partial charge in [0.2, 0.25) is 6.41 Å². The van der Waals surface area contributed by atoms with Crippen LogP contribution in [0.5, 0.6) is 0 Å². The van der Waals surface area contributed by atoms with Crippen molar-refractivity contribution in [1.29, 1.82) is 0 Å². The Hall–Kier alpha value is -0.610. The lowest BCUT2D eigenvalue weighted by atomic mass is 10.0. The van der Waals surface area contributed by atoms with Gasteiger partial charge in [-0.1, -0.05) is 12.8 Å². The average Bonchev–Trinajstić information content (AvgIpc) is 3.07. The van der Waals surface area contributed by atoms with Crippen LogP contribution in [0, 0.1) is 5.92 Å². The number of ether oxygens (including phenoxy) is 1. The van der Waals surface area contributed by atoms with Crippen LogP contribution in [0.3, 0.4) is 0 Å². The molecule has 2 aliphatic heterocycles.